The number of nitriles is 1. The lowest BCUT2D eigenvalue weighted by molar-refractivity contribution is -0.149. The number of nitrogens with two attached hydrogens (primary N) is 2. The molecule has 0 saturated carbocycles. The molecule has 0 saturated heterocycles. The number of allylic oxidation sites excluding steroid dienone is 1. The maximum Gasteiger partial charge on any atom is 0.329 e. The van der Waals surface area contributed by atoms with Crippen LogP contribution in [-0.4, -0.2) is 30.4 Å². The number of hydrogen-bond donors (Lipinski definition) is 3. The van der Waals surface area contributed by atoms with E-state index in [1.54, 1.807) is 6.07 Å². The average Bonchev–Trinajstić information content (AvgIpc) is 2.34. The topological polar surface area (TPSA) is 148 Å². The number of ether oxygens (including phenoxy) is 1. The zero-order valence-electron chi connectivity index (χ0n) is 12.3. The summed E-state index contributed by atoms with van der Waals surface area (Å²) in [6, 6.07) is -0.160. The second kappa shape index (κ2) is 8.58. The Balaban J connectivity index is 4.71. The maximum absolute atomic E-state index is 11.8. The number of rotatable bonds is 7. The van der Waals surface area contributed by atoms with Crippen LogP contribution < -0.4 is 16.8 Å². The largest absolute Gasteiger partial charge is 0.456 e. The van der Waals surface area contributed by atoms with Gasteiger partial charge in [-0.3, -0.25) is 4.79 Å². The van der Waals surface area contributed by atoms with E-state index in [4.69, 9.17) is 21.5 Å². The van der Waals surface area contributed by atoms with Crippen molar-refractivity contribution in [3.8, 4) is 6.07 Å². The highest BCUT2D eigenvalue weighted by Gasteiger charge is 2.24. The average molecular weight is 296 g/mol. The van der Waals surface area contributed by atoms with Crippen LogP contribution in [0.4, 0.5) is 4.79 Å². The first-order valence-electron chi connectivity index (χ1n) is 6.31. The van der Waals surface area contributed by atoms with Gasteiger partial charge in [0.15, 0.2) is 6.61 Å². The van der Waals surface area contributed by atoms with E-state index in [9.17, 15) is 14.4 Å². The van der Waals surface area contributed by atoms with Crippen LogP contribution in [0.2, 0.25) is 0 Å². The molecular weight excluding hydrogens is 276 g/mol. The van der Waals surface area contributed by atoms with E-state index < -0.39 is 30.4 Å². The van der Waals surface area contributed by atoms with E-state index in [0.717, 1.165) is 0 Å². The lowest BCUT2D eigenvalue weighted by Gasteiger charge is -2.17. The minimum absolute atomic E-state index is 0.0486. The Labute approximate surface area is 123 Å². The number of nitrogens with one attached hydrogen (secondary N) is 1. The second-order valence-corrected chi connectivity index (χ2v) is 4.89. The number of amides is 2. The Kier molecular flexibility index (Phi) is 7.53. The molecule has 116 valence electrons. The number of carbonyl (C=O) groups excluding carboxylic acids is 3. The fraction of sp³-hybridized carbons (Fsp3) is 0.538. The standard InChI is InChI=1S/C13H20N4O4/c1-7(2)4-10(17-13(16)20)12(19)21-6-11(18)9(5-14)8(3)15/h7,10H,4,6,15H2,1-3H3,(H3,16,17,20). The van der Waals surface area contributed by atoms with Crippen molar-refractivity contribution in [1.82, 2.24) is 5.32 Å². The summed E-state index contributed by atoms with van der Waals surface area (Å²) >= 11 is 0. The Morgan fingerprint density at radius 1 is 1.29 bits per heavy atom. The molecule has 8 heteroatoms. The monoisotopic (exact) mass is 296 g/mol. The quantitative estimate of drug-likeness (QED) is 0.340. The SMILES string of the molecule is CC(N)=C(C#N)C(=O)COC(=O)C(CC(C)C)NC(N)=O. The Morgan fingerprint density at radius 2 is 1.86 bits per heavy atom. The molecule has 1 unspecified atom stereocenters. The third kappa shape index (κ3) is 6.96. The number of esters is 1. The maximum atomic E-state index is 11.8. The molecule has 0 heterocycles. The molecule has 21 heavy (non-hydrogen) atoms. The molecule has 0 fully saturated rings. The first-order chi connectivity index (χ1) is 9.68. The smallest absolute Gasteiger partial charge is 0.329 e. The first kappa shape index (κ1) is 18.4. The van der Waals surface area contributed by atoms with E-state index in [1.807, 2.05) is 13.8 Å². The number of carbonyl (C=O) groups is 3. The van der Waals surface area contributed by atoms with Gasteiger partial charge in [-0.15, -0.1) is 0 Å². The van der Waals surface area contributed by atoms with Gasteiger partial charge in [0, 0.05) is 5.70 Å². The lowest BCUT2D eigenvalue weighted by Crippen LogP contribution is -2.45. The highest BCUT2D eigenvalue weighted by atomic mass is 16.5. The van der Waals surface area contributed by atoms with Gasteiger partial charge in [0.05, 0.1) is 0 Å². The van der Waals surface area contributed by atoms with Crippen molar-refractivity contribution in [2.75, 3.05) is 6.61 Å². The molecular formula is C13H20N4O4. The van der Waals surface area contributed by atoms with E-state index in [1.165, 1.54) is 6.92 Å². The van der Waals surface area contributed by atoms with Crippen LogP contribution in [0.25, 0.3) is 0 Å². The van der Waals surface area contributed by atoms with Gasteiger partial charge in [0.25, 0.3) is 0 Å². The molecule has 1 atom stereocenters. The summed E-state index contributed by atoms with van der Waals surface area (Å²) in [4.78, 5) is 34.3. The molecule has 0 rings (SSSR count). The third-order valence-electron chi connectivity index (χ3n) is 2.44. The number of nitrogens with zero attached hydrogens (tertiary/aromatic N) is 1. The Morgan fingerprint density at radius 3 is 2.24 bits per heavy atom. The van der Waals surface area contributed by atoms with Crippen LogP contribution in [0.1, 0.15) is 27.2 Å². The molecule has 0 aromatic rings. The summed E-state index contributed by atoms with van der Waals surface area (Å²) < 4.78 is 4.80. The van der Waals surface area contributed by atoms with Crippen molar-refractivity contribution in [2.24, 2.45) is 17.4 Å². The molecule has 0 aliphatic carbocycles. The summed E-state index contributed by atoms with van der Waals surface area (Å²) in [5.74, 6) is -1.39. The summed E-state index contributed by atoms with van der Waals surface area (Å²) in [5.41, 5.74) is 10.1. The van der Waals surface area contributed by atoms with Gasteiger partial charge >= 0.3 is 12.0 Å². The van der Waals surface area contributed by atoms with Crippen molar-refractivity contribution in [3.63, 3.8) is 0 Å². The first-order valence-corrected chi connectivity index (χ1v) is 6.31. The molecule has 0 bridgehead atoms. The van der Waals surface area contributed by atoms with Crippen LogP contribution in [0, 0.1) is 17.2 Å². The van der Waals surface area contributed by atoms with E-state index in [0.29, 0.717) is 6.42 Å². The van der Waals surface area contributed by atoms with Gasteiger partial charge in [-0.2, -0.15) is 5.26 Å². The lowest BCUT2D eigenvalue weighted by atomic mass is 10.0. The van der Waals surface area contributed by atoms with E-state index >= 15 is 0 Å². The number of urea groups is 1. The minimum atomic E-state index is -0.941. The molecule has 8 nitrogen and oxygen atoms in total. The van der Waals surface area contributed by atoms with E-state index in [2.05, 4.69) is 5.32 Å². The summed E-state index contributed by atoms with van der Waals surface area (Å²) in [6.07, 6.45) is 0.312. The fourth-order valence-corrected chi connectivity index (χ4v) is 1.54. The zero-order valence-corrected chi connectivity index (χ0v) is 12.3. The number of ketones is 1. The minimum Gasteiger partial charge on any atom is -0.456 e. The van der Waals surface area contributed by atoms with Crippen LogP contribution in [-0.2, 0) is 14.3 Å². The normalized spacial score (nSPS) is 12.9. The second-order valence-electron chi connectivity index (χ2n) is 4.89. The van der Waals surface area contributed by atoms with Gasteiger partial charge in [-0.05, 0) is 19.3 Å². The molecule has 2 amide bonds. The fourth-order valence-electron chi connectivity index (χ4n) is 1.54. The van der Waals surface area contributed by atoms with Gasteiger partial charge in [-0.25, -0.2) is 9.59 Å². The molecule has 0 aromatic carbocycles. The highest BCUT2D eigenvalue weighted by molar-refractivity contribution is 6.01. The zero-order chi connectivity index (χ0) is 16.6. The molecule has 0 aliphatic rings. The van der Waals surface area contributed by atoms with Gasteiger partial charge in [0.2, 0.25) is 5.78 Å². The summed E-state index contributed by atoms with van der Waals surface area (Å²) in [7, 11) is 0. The van der Waals surface area contributed by atoms with Gasteiger partial charge in [0.1, 0.15) is 17.7 Å². The van der Waals surface area contributed by atoms with Crippen LogP contribution >= 0.6 is 0 Å². The van der Waals surface area contributed by atoms with Crippen LogP contribution in [0.15, 0.2) is 11.3 Å². The molecule has 0 aliphatic heterocycles. The Hall–Kier alpha value is -2.56. The van der Waals surface area contributed by atoms with Crippen molar-refractivity contribution >= 4 is 17.8 Å². The molecule has 5 N–H and O–H groups in total. The van der Waals surface area contributed by atoms with Gasteiger partial charge < -0.3 is 21.5 Å². The molecule has 0 aromatic heterocycles. The summed E-state index contributed by atoms with van der Waals surface area (Å²) in [5, 5.41) is 11.0. The van der Waals surface area contributed by atoms with Crippen molar-refractivity contribution in [3.05, 3.63) is 11.3 Å². The number of Topliss-reactive ketones (excluding diaryl/α,β-unsaturated/α-hetero) is 1. The van der Waals surface area contributed by atoms with Crippen LogP contribution in [0.3, 0.4) is 0 Å². The van der Waals surface area contributed by atoms with Gasteiger partial charge in [-0.1, -0.05) is 13.8 Å². The molecule has 0 spiro atoms. The predicted molar refractivity (Wildman–Crippen MR) is 74.4 cm³/mol. The highest BCUT2D eigenvalue weighted by Crippen LogP contribution is 2.07. The van der Waals surface area contributed by atoms with Crippen molar-refractivity contribution in [1.29, 1.82) is 5.26 Å². The Bertz CT molecular complexity index is 487. The van der Waals surface area contributed by atoms with Crippen LogP contribution in [0.5, 0.6) is 0 Å². The third-order valence-corrected chi connectivity index (χ3v) is 2.44. The number of hydrogen-bond acceptors (Lipinski definition) is 6. The number of primary amides is 1. The molecule has 0 radical (unpaired) electrons. The summed E-state index contributed by atoms with van der Waals surface area (Å²) in [6.45, 7) is 4.48. The van der Waals surface area contributed by atoms with E-state index in [-0.39, 0.29) is 17.2 Å². The van der Waals surface area contributed by atoms with Crippen molar-refractivity contribution in [2.45, 2.75) is 33.2 Å². The van der Waals surface area contributed by atoms with Crippen molar-refractivity contribution < 1.29 is 19.1 Å². The predicted octanol–water partition coefficient (Wildman–Crippen LogP) is -0.0620.